The zero-order valence-corrected chi connectivity index (χ0v) is 18.2. The Kier molecular flexibility index (Phi) is 7.35. The third-order valence-corrected chi connectivity index (χ3v) is 7.38. The van der Waals surface area contributed by atoms with Crippen LogP contribution < -0.4 is 0 Å². The summed E-state index contributed by atoms with van der Waals surface area (Å²) in [4.78, 5) is 13.7. The summed E-state index contributed by atoms with van der Waals surface area (Å²) in [5.74, 6) is -1.70. The lowest BCUT2D eigenvalue weighted by Crippen LogP contribution is -2.57. The van der Waals surface area contributed by atoms with Gasteiger partial charge in [0.1, 0.15) is 0 Å². The number of alkyl halides is 2. The SMILES string of the molecule is CCN(CC)CC.O=C(OCC12CC3CC(CC(O)(C3)C1)C2)C(F)(F)S(=O)(=O)O. The van der Waals surface area contributed by atoms with Gasteiger partial charge in [-0.25, -0.2) is 4.79 Å². The summed E-state index contributed by atoms with van der Waals surface area (Å²) in [6.45, 7) is 9.77. The van der Waals surface area contributed by atoms with E-state index < -0.39 is 32.4 Å². The van der Waals surface area contributed by atoms with Crippen molar-refractivity contribution < 1.29 is 36.4 Å². The summed E-state index contributed by atoms with van der Waals surface area (Å²) in [5, 5.41) is 5.53. The minimum Gasteiger partial charge on any atom is -0.460 e. The average Bonchev–Trinajstić information content (AvgIpc) is 2.58. The summed E-state index contributed by atoms with van der Waals surface area (Å²) in [7, 11) is -5.85. The number of carbonyl (C=O) groups is 1. The molecule has 0 heterocycles. The fourth-order valence-electron chi connectivity index (χ4n) is 5.65. The van der Waals surface area contributed by atoms with E-state index in [1.54, 1.807) is 0 Å². The molecule has 4 saturated carbocycles. The maximum absolute atomic E-state index is 13.2. The van der Waals surface area contributed by atoms with Gasteiger partial charge in [-0.15, -0.1) is 0 Å². The Morgan fingerprint density at radius 1 is 1.10 bits per heavy atom. The van der Waals surface area contributed by atoms with Crippen LogP contribution in [0.4, 0.5) is 8.78 Å². The van der Waals surface area contributed by atoms with Crippen molar-refractivity contribution in [1.82, 2.24) is 4.90 Å². The number of hydrogen-bond acceptors (Lipinski definition) is 6. The highest BCUT2D eigenvalue weighted by molar-refractivity contribution is 7.87. The number of carbonyl (C=O) groups excluding carboxylic acids is 1. The molecule has 4 rings (SSSR count). The number of hydrogen-bond donors (Lipinski definition) is 2. The molecule has 4 fully saturated rings. The normalized spacial score (nSPS) is 33.4. The van der Waals surface area contributed by atoms with Gasteiger partial charge in [0.15, 0.2) is 0 Å². The minimum atomic E-state index is -5.85. The highest BCUT2D eigenvalue weighted by Crippen LogP contribution is 2.61. The van der Waals surface area contributed by atoms with Gasteiger partial charge in [-0.3, -0.25) is 4.55 Å². The van der Waals surface area contributed by atoms with Gasteiger partial charge in [0, 0.05) is 5.41 Å². The van der Waals surface area contributed by atoms with Crippen molar-refractivity contribution in [2.24, 2.45) is 17.3 Å². The van der Waals surface area contributed by atoms with Crippen LogP contribution in [0.1, 0.15) is 59.3 Å². The van der Waals surface area contributed by atoms with Gasteiger partial charge in [0.05, 0.1) is 12.2 Å². The van der Waals surface area contributed by atoms with Gasteiger partial charge < -0.3 is 14.7 Å². The van der Waals surface area contributed by atoms with Crippen LogP contribution in [0.5, 0.6) is 0 Å². The van der Waals surface area contributed by atoms with Gasteiger partial charge in [-0.1, -0.05) is 20.8 Å². The van der Waals surface area contributed by atoms with Gasteiger partial charge in [0.2, 0.25) is 0 Å². The van der Waals surface area contributed by atoms with Crippen LogP contribution in [-0.4, -0.2) is 66.0 Å². The summed E-state index contributed by atoms with van der Waals surface area (Å²) in [6, 6.07) is 0. The van der Waals surface area contributed by atoms with Crippen LogP contribution in [0.25, 0.3) is 0 Å². The molecule has 0 amide bonds. The van der Waals surface area contributed by atoms with Crippen molar-refractivity contribution >= 4 is 16.1 Å². The van der Waals surface area contributed by atoms with Crippen molar-refractivity contribution in [2.75, 3.05) is 26.2 Å². The molecule has 2 N–H and O–H groups in total. The molecule has 0 aliphatic heterocycles. The van der Waals surface area contributed by atoms with Crippen LogP contribution in [0, 0.1) is 17.3 Å². The van der Waals surface area contributed by atoms with Crippen molar-refractivity contribution in [2.45, 2.75) is 70.2 Å². The molecule has 4 bridgehead atoms. The molecule has 7 nitrogen and oxygen atoms in total. The molecule has 29 heavy (non-hydrogen) atoms. The van der Waals surface area contributed by atoms with Gasteiger partial charge in [-0.05, 0) is 70.0 Å². The first-order chi connectivity index (χ1) is 13.3. The first kappa shape index (κ1) is 24.4. The number of rotatable bonds is 7. The second-order valence-corrected chi connectivity index (χ2v) is 10.3. The second-order valence-electron chi connectivity index (χ2n) is 8.87. The number of ether oxygens (including phenoxy) is 1. The van der Waals surface area contributed by atoms with Gasteiger partial charge >= 0.3 is 21.3 Å². The Balaban J connectivity index is 0.000000370. The number of esters is 1. The third-order valence-electron chi connectivity index (χ3n) is 6.56. The lowest BCUT2D eigenvalue weighted by molar-refractivity contribution is -0.193. The van der Waals surface area contributed by atoms with Gasteiger partial charge in [-0.2, -0.15) is 17.2 Å². The topological polar surface area (TPSA) is 104 Å². The molecule has 2 atom stereocenters. The van der Waals surface area contributed by atoms with Crippen LogP contribution in [0.3, 0.4) is 0 Å². The molecule has 10 heteroatoms. The number of aliphatic hydroxyl groups is 1. The van der Waals surface area contributed by atoms with E-state index in [0.717, 1.165) is 6.42 Å². The van der Waals surface area contributed by atoms with Gasteiger partial charge in [0.25, 0.3) is 0 Å². The zero-order chi connectivity index (χ0) is 22.1. The number of nitrogens with zero attached hydrogens (tertiary/aromatic N) is 1. The summed E-state index contributed by atoms with van der Waals surface area (Å²) in [5.41, 5.74) is -1.40. The fraction of sp³-hybridized carbons (Fsp3) is 0.947. The molecule has 2 unspecified atom stereocenters. The largest absolute Gasteiger partial charge is 0.465 e. The molecular weight excluding hydrogens is 408 g/mol. The molecule has 0 radical (unpaired) electrons. The van der Waals surface area contributed by atoms with Crippen LogP contribution in [0.15, 0.2) is 0 Å². The predicted octanol–water partition coefficient (Wildman–Crippen LogP) is 2.69. The summed E-state index contributed by atoms with van der Waals surface area (Å²) < 4.78 is 60.4. The maximum atomic E-state index is 13.2. The first-order valence-electron chi connectivity index (χ1n) is 10.3. The molecule has 0 aromatic heterocycles. The molecule has 4 aliphatic rings. The van der Waals surface area contributed by atoms with E-state index in [1.165, 1.54) is 19.6 Å². The second kappa shape index (κ2) is 8.72. The highest BCUT2D eigenvalue weighted by Gasteiger charge is 2.59. The van der Waals surface area contributed by atoms with E-state index in [2.05, 4.69) is 30.4 Å². The van der Waals surface area contributed by atoms with E-state index in [-0.39, 0.29) is 18.4 Å². The molecule has 0 saturated heterocycles. The Morgan fingerprint density at radius 3 is 1.93 bits per heavy atom. The molecule has 4 aliphatic carbocycles. The van der Waals surface area contributed by atoms with Crippen LogP contribution in [-0.2, 0) is 19.6 Å². The summed E-state index contributed by atoms with van der Waals surface area (Å²) in [6.07, 6.45) is 4.07. The first-order valence-corrected chi connectivity index (χ1v) is 11.7. The maximum Gasteiger partial charge on any atom is 0.465 e. The quantitative estimate of drug-likeness (QED) is 0.462. The molecular formula is C19H33F2NO6S. The third kappa shape index (κ3) is 5.45. The van der Waals surface area contributed by atoms with Crippen LogP contribution >= 0.6 is 0 Å². The van der Waals surface area contributed by atoms with Crippen molar-refractivity contribution in [3.8, 4) is 0 Å². The Morgan fingerprint density at radius 2 is 1.59 bits per heavy atom. The minimum absolute atomic E-state index is 0.284. The standard InChI is InChI=1S/C13H18F2O6S.C6H15N/c14-13(15,22(18,19)20)10(16)21-7-11-2-8-1-9(3-11)5-12(17,4-8)6-11;1-4-7(5-2)6-3/h8-9,17H,1-7H2,(H,18,19,20);4-6H2,1-3H3. The van der Waals surface area contributed by atoms with Crippen LogP contribution in [0.2, 0.25) is 0 Å². The van der Waals surface area contributed by atoms with Crippen molar-refractivity contribution in [1.29, 1.82) is 0 Å². The monoisotopic (exact) mass is 441 g/mol. The molecule has 0 aromatic rings. The van der Waals surface area contributed by atoms with E-state index >= 15 is 0 Å². The van der Waals surface area contributed by atoms with E-state index in [0.29, 0.717) is 32.1 Å². The lowest BCUT2D eigenvalue weighted by atomic mass is 9.48. The molecule has 0 aromatic carbocycles. The molecule has 0 spiro atoms. The predicted molar refractivity (Wildman–Crippen MR) is 103 cm³/mol. The smallest absolute Gasteiger partial charge is 0.460 e. The molecule has 170 valence electrons. The van der Waals surface area contributed by atoms with E-state index in [4.69, 9.17) is 4.55 Å². The Labute approximate surface area is 171 Å². The fourth-order valence-corrected chi connectivity index (χ4v) is 5.92. The summed E-state index contributed by atoms with van der Waals surface area (Å²) >= 11 is 0. The number of halogens is 2. The lowest BCUT2D eigenvalue weighted by Gasteiger charge is -2.59. The Bertz CT molecular complexity index is 675. The van der Waals surface area contributed by atoms with Crippen molar-refractivity contribution in [3.63, 3.8) is 0 Å². The Hall–Kier alpha value is -0.840. The zero-order valence-electron chi connectivity index (χ0n) is 17.4. The highest BCUT2D eigenvalue weighted by atomic mass is 32.2. The average molecular weight is 442 g/mol. The van der Waals surface area contributed by atoms with E-state index in [9.17, 15) is 27.1 Å². The van der Waals surface area contributed by atoms with Crippen molar-refractivity contribution in [3.05, 3.63) is 0 Å². The van der Waals surface area contributed by atoms with E-state index in [1.807, 2.05) is 0 Å².